The summed E-state index contributed by atoms with van der Waals surface area (Å²) in [4.78, 5) is 0. The third-order valence-corrected chi connectivity index (χ3v) is 27.9. The number of hydrogen-bond acceptors (Lipinski definition) is 20. The fraction of sp³-hybridized carbons (Fsp3) is 0.633. The van der Waals surface area contributed by atoms with Crippen molar-refractivity contribution in [1.29, 1.82) is 0 Å². The van der Waals surface area contributed by atoms with E-state index >= 15 is 0 Å². The van der Waals surface area contributed by atoms with Crippen molar-refractivity contribution in [3.05, 3.63) is 144 Å². The van der Waals surface area contributed by atoms with E-state index in [0.717, 1.165) is 170 Å². The van der Waals surface area contributed by atoms with Crippen molar-refractivity contribution in [1.82, 2.24) is 0 Å². The molecule has 20 nitrogen and oxygen atoms in total. The highest BCUT2D eigenvalue weighted by Gasteiger charge is 2.54. The Bertz CT molecular complexity index is 4810. The summed E-state index contributed by atoms with van der Waals surface area (Å²) in [6, 6.07) is 18.9. The molecule has 10 aliphatic rings. The van der Waals surface area contributed by atoms with E-state index in [0.29, 0.717) is 138 Å². The fourth-order valence-corrected chi connectivity index (χ4v) is 20.6. The van der Waals surface area contributed by atoms with Crippen LogP contribution in [0.1, 0.15) is 378 Å². The third-order valence-electron chi connectivity index (χ3n) is 27.9. The van der Waals surface area contributed by atoms with Crippen molar-refractivity contribution in [2.24, 2.45) is 0 Å². The molecule has 0 radical (unpaired) electrons. The van der Waals surface area contributed by atoms with E-state index in [2.05, 4.69) is 54.5 Å². The van der Waals surface area contributed by atoms with E-state index in [1.807, 2.05) is 106 Å². The predicted octanol–water partition coefficient (Wildman–Crippen LogP) is 23.0. The summed E-state index contributed by atoms with van der Waals surface area (Å²) in [7, 11) is 0. The van der Waals surface area contributed by atoms with Gasteiger partial charge in [0.2, 0.25) is 0 Å². The molecule has 15 rings (SSSR count). The first-order valence-corrected chi connectivity index (χ1v) is 46.8. The lowest BCUT2D eigenvalue weighted by atomic mass is 9.70. The van der Waals surface area contributed by atoms with E-state index in [1.54, 1.807) is 45.9 Å². The summed E-state index contributed by atoms with van der Waals surface area (Å²) in [5.41, 5.74) is 8.50. The second kappa shape index (κ2) is 47.2. The second-order valence-electron chi connectivity index (χ2n) is 40.8. The highest BCUT2D eigenvalue weighted by Crippen LogP contribution is 2.60. The van der Waals surface area contributed by atoms with E-state index in [1.165, 1.54) is 19.3 Å². The van der Waals surface area contributed by atoms with Gasteiger partial charge in [0.15, 0.2) is 0 Å². The van der Waals surface area contributed by atoms with Gasteiger partial charge in [0.1, 0.15) is 110 Å². The molecule has 14 N–H and O–H groups in total. The van der Waals surface area contributed by atoms with E-state index in [9.17, 15) is 71.5 Å². The summed E-state index contributed by atoms with van der Waals surface area (Å²) in [5, 5.41) is 149. The number of fused-ring (bicyclic) bond motifs is 10. The fourth-order valence-electron chi connectivity index (χ4n) is 20.6. The van der Waals surface area contributed by atoms with Gasteiger partial charge < -0.3 is 99.9 Å². The van der Waals surface area contributed by atoms with Crippen LogP contribution in [0.15, 0.2) is 88.5 Å². The molecule has 0 spiro atoms. The average molecular weight is 1930 g/mol. The van der Waals surface area contributed by atoms with Gasteiger partial charge in [0.25, 0.3) is 0 Å². The number of benzene rings is 5. The first-order chi connectivity index (χ1) is 58.4. The van der Waals surface area contributed by atoms with Crippen molar-refractivity contribution >= 4 is 81.8 Å². The Balaban J connectivity index is 0.000000422. The number of rotatable bonds is 20. The van der Waals surface area contributed by atoms with Crippen LogP contribution in [0.5, 0.6) is 57.5 Å². The van der Waals surface area contributed by atoms with Gasteiger partial charge in [0.05, 0.1) is 61.9 Å². The molecule has 5 aliphatic carbocycles. The number of phenols is 5. The number of aryl methyl sites for hydroxylation is 5. The number of hydrogen-bond donors (Lipinski definition) is 14. The highest BCUT2D eigenvalue weighted by molar-refractivity contribution is 7.59. The molecule has 2 unspecified atom stereocenters. The molecule has 0 fully saturated rings. The lowest BCUT2D eigenvalue weighted by Gasteiger charge is -2.47. The maximum Gasteiger partial charge on any atom is 0.132 e. The molecule has 0 saturated carbocycles. The van der Waals surface area contributed by atoms with Gasteiger partial charge in [-0.25, -0.2) is 0 Å². The van der Waals surface area contributed by atoms with Crippen LogP contribution in [-0.2, 0) is 36.8 Å². The monoisotopic (exact) mass is 1930 g/mol. The Morgan fingerprint density at radius 1 is 0.301 bits per heavy atom. The minimum atomic E-state index is -1.20. The third kappa shape index (κ3) is 25.7. The Kier molecular flexibility index (Phi) is 42.9. The number of unbranched alkanes of at least 4 members (excludes halogenated alkanes) is 8. The maximum atomic E-state index is 11.0. The summed E-state index contributed by atoms with van der Waals surface area (Å²) in [6.07, 6.45) is 20.1. The zero-order valence-corrected chi connectivity index (χ0v) is 84.9. The molecule has 24 heteroatoms. The van der Waals surface area contributed by atoms with Crippen LogP contribution in [0.25, 0.3) is 27.9 Å². The number of aliphatic hydroxyl groups excluding tert-OH is 4. The Morgan fingerprint density at radius 2 is 0.541 bits per heavy atom. The molecule has 5 aliphatic heterocycles. The van der Waals surface area contributed by atoms with Gasteiger partial charge in [-0.2, -0.15) is 54.0 Å². The SMILES string of the molecule is C.C.C.C.CCCCCc1cc(O)c2c(c1)OC(C)(C)C1=C2CC(C)(O)C(O)C1.CCCCCc1cc(O)c2c(c1)OC(C)(C)C1=C2[C@@H](OCC)[C@](C)(O)CC1.CCCCCc1cc(O)c2c(c1)OC(C)(C)C1=C2[C@H](O)[C@@](C)(O)CC1.CCCCCc1cc(O)c2c(c1)OC(C)(C)C1=C2[C@H](O)[C@](C)(O)CC1.CCCc1cc(O)c2c(c1)OC(C)(C)C1=C2[C@@H](O)[C@](C)(O)CC1.S.S.S.S. The van der Waals surface area contributed by atoms with Gasteiger partial charge in [-0.15, -0.1) is 0 Å². The lowest BCUT2D eigenvalue weighted by Crippen LogP contribution is -2.49. The summed E-state index contributed by atoms with van der Waals surface area (Å²) in [6.45, 7) is 41.6. The summed E-state index contributed by atoms with van der Waals surface area (Å²) in [5.74, 6) is 3.99. The van der Waals surface area contributed by atoms with Crippen LogP contribution in [0.3, 0.4) is 0 Å². The van der Waals surface area contributed by atoms with E-state index < -0.39 is 86.5 Å². The number of phenolic OH excluding ortho intramolecular Hbond substituents is 5. The summed E-state index contributed by atoms with van der Waals surface area (Å²) >= 11 is 0. The minimum absolute atomic E-state index is 0. The predicted molar refractivity (Wildman–Crippen MR) is 563 cm³/mol. The van der Waals surface area contributed by atoms with Crippen molar-refractivity contribution in [2.45, 2.75) is 441 Å². The molecular weight excluding hydrogens is 1760 g/mol. The van der Waals surface area contributed by atoms with E-state index in [4.69, 9.17) is 28.4 Å². The molecule has 0 amide bonds. The van der Waals surface area contributed by atoms with Crippen LogP contribution in [-0.4, -0.2) is 165 Å². The molecule has 10 atom stereocenters. The van der Waals surface area contributed by atoms with Crippen molar-refractivity contribution in [3.8, 4) is 57.5 Å². The molecule has 754 valence electrons. The topological polar surface area (TPSA) is 339 Å². The van der Waals surface area contributed by atoms with Crippen molar-refractivity contribution in [3.63, 3.8) is 0 Å². The molecule has 5 aromatic carbocycles. The van der Waals surface area contributed by atoms with Crippen molar-refractivity contribution in [2.75, 3.05) is 6.61 Å². The van der Waals surface area contributed by atoms with Gasteiger partial charge >= 0.3 is 0 Å². The molecule has 0 bridgehead atoms. The standard InChI is InChI=1S/C23H34O4.3C21H30O4.C19H26O4.4CH4.4H2S/c1-6-8-9-10-15-13-17(24)20-18(14-15)27-22(3,4)16-11-12-23(5,25)21(19(16)20)26-7-2;1-5-6-7-8-13-9-16(22)19-14-12-21(4,24)18(23)11-15(14)20(2,3)25-17(19)10-13;2*1-5-6-7-8-13-11-15(22)18-16(12-13)25-20(2,3)14-9-10-21(4,24)19(23)17(14)18;1-5-6-11-9-13(20)16-14(10-11)23-18(2,3)12-7-8-19(4,22)17(21)15(12)16;;;;;;;;/h13-14,21,24-25H,6-12H2,1-5H3;9-10,18,22-24H,5-8,11-12H2,1-4H3;2*11-12,19,22-24H,5-10H2,1-4H3;9-10,17,20-22H,5-8H2,1-4H3;4*1H4;4*1H2/t21-,23-;;19-,21+;19-,21-;17-,19-;;;;;;;;/m1.001......../s1. The zero-order chi connectivity index (χ0) is 92.0. The van der Waals surface area contributed by atoms with Crippen LogP contribution in [0, 0.1) is 0 Å². The van der Waals surface area contributed by atoms with E-state index in [-0.39, 0.29) is 112 Å². The lowest BCUT2D eigenvalue weighted by molar-refractivity contribution is -0.0786. The van der Waals surface area contributed by atoms with Gasteiger partial charge in [-0.05, 0) is 342 Å². The van der Waals surface area contributed by atoms with Gasteiger partial charge in [-0.3, -0.25) is 0 Å². The van der Waals surface area contributed by atoms with Gasteiger partial charge in [0, 0.05) is 41.7 Å². The minimum Gasteiger partial charge on any atom is -0.507 e. The average Bonchev–Trinajstić information content (AvgIpc) is 0.740. The molecule has 0 saturated heterocycles. The Morgan fingerprint density at radius 3 is 0.812 bits per heavy atom. The smallest absolute Gasteiger partial charge is 0.132 e. The number of aromatic hydroxyl groups is 5. The van der Waals surface area contributed by atoms with Crippen LogP contribution >= 0.6 is 54.0 Å². The normalized spacial score (nSPS) is 25.9. The molecule has 5 heterocycles. The van der Waals surface area contributed by atoms with Crippen LogP contribution in [0.2, 0.25) is 0 Å². The maximum absolute atomic E-state index is 11.0. The second-order valence-corrected chi connectivity index (χ2v) is 40.8. The molecule has 5 aromatic rings. The quantitative estimate of drug-likeness (QED) is 0.0322. The zero-order valence-electron chi connectivity index (χ0n) is 80.9. The molecule has 133 heavy (non-hydrogen) atoms. The highest BCUT2D eigenvalue weighted by atomic mass is 32.1. The number of aliphatic hydroxyl groups is 9. The first kappa shape index (κ1) is 121. The van der Waals surface area contributed by atoms with Gasteiger partial charge in [-0.1, -0.05) is 122 Å². The first-order valence-electron chi connectivity index (χ1n) is 46.8. The largest absolute Gasteiger partial charge is 0.507 e. The van der Waals surface area contributed by atoms with Crippen LogP contribution < -0.4 is 23.7 Å². The van der Waals surface area contributed by atoms with Crippen molar-refractivity contribution < 1.29 is 99.9 Å². The Labute approximate surface area is 826 Å². The summed E-state index contributed by atoms with van der Waals surface area (Å²) < 4.78 is 37.2. The van der Waals surface area contributed by atoms with Crippen LogP contribution in [0.4, 0.5) is 0 Å². The Hall–Kier alpha value is -6.20. The number of ether oxygens (including phenoxy) is 6. The molecular formula is C109H174O20S4. The molecule has 0 aromatic heterocycles.